The molecule has 2 aromatic rings. The number of carbonyl (C=O) groups excluding carboxylic acids is 2. The summed E-state index contributed by atoms with van der Waals surface area (Å²) in [6, 6.07) is 14.7. The summed E-state index contributed by atoms with van der Waals surface area (Å²) in [6.45, 7) is 1.58. The Morgan fingerprint density at radius 2 is 1.68 bits per heavy atom. The molecule has 0 bridgehead atoms. The highest BCUT2D eigenvalue weighted by atomic mass is 35.5. The molecule has 25 heavy (non-hydrogen) atoms. The first-order valence-corrected chi connectivity index (χ1v) is 8.94. The van der Waals surface area contributed by atoms with Crippen molar-refractivity contribution in [3.8, 4) is 0 Å². The summed E-state index contributed by atoms with van der Waals surface area (Å²) in [7, 11) is 0. The number of likely N-dealkylation sites (tertiary alicyclic amines) is 1. The molecule has 1 saturated heterocycles. The van der Waals surface area contributed by atoms with Crippen LogP contribution >= 0.6 is 11.6 Å². The summed E-state index contributed by atoms with van der Waals surface area (Å²) < 4.78 is 0. The largest absolute Gasteiger partial charge is 0.339 e. The Morgan fingerprint density at radius 3 is 2.40 bits per heavy atom. The zero-order chi connectivity index (χ0) is 17.6. The number of anilines is 1. The maximum Gasteiger partial charge on any atom is 0.255 e. The molecule has 2 amide bonds. The number of rotatable bonds is 5. The van der Waals surface area contributed by atoms with Crippen LogP contribution in [0.15, 0.2) is 48.5 Å². The highest BCUT2D eigenvalue weighted by Crippen LogP contribution is 2.20. The highest BCUT2D eigenvalue weighted by Gasteiger charge is 2.22. The molecule has 0 aliphatic carbocycles. The van der Waals surface area contributed by atoms with Crippen LogP contribution < -0.4 is 5.32 Å². The summed E-state index contributed by atoms with van der Waals surface area (Å²) in [4.78, 5) is 26.8. The first kappa shape index (κ1) is 17.5. The Kier molecular flexibility index (Phi) is 5.71. The third kappa shape index (κ3) is 4.60. The average Bonchev–Trinajstić information content (AvgIpc) is 3.16. The van der Waals surface area contributed by atoms with Crippen molar-refractivity contribution in [1.29, 1.82) is 0 Å². The van der Waals surface area contributed by atoms with Gasteiger partial charge in [-0.25, -0.2) is 0 Å². The van der Waals surface area contributed by atoms with Gasteiger partial charge in [0.05, 0.1) is 11.3 Å². The molecule has 3 rings (SSSR count). The van der Waals surface area contributed by atoms with Crippen molar-refractivity contribution in [1.82, 2.24) is 4.90 Å². The Hall–Kier alpha value is -2.33. The molecule has 130 valence electrons. The van der Waals surface area contributed by atoms with Crippen molar-refractivity contribution >= 4 is 29.1 Å². The van der Waals surface area contributed by atoms with Gasteiger partial charge in [0, 0.05) is 24.5 Å². The zero-order valence-electron chi connectivity index (χ0n) is 14.0. The second-order valence-electron chi connectivity index (χ2n) is 6.22. The molecule has 1 aliphatic heterocycles. The predicted octanol–water partition coefficient (Wildman–Crippen LogP) is 4.15. The van der Waals surface area contributed by atoms with Crippen molar-refractivity contribution < 1.29 is 9.59 Å². The van der Waals surface area contributed by atoms with Gasteiger partial charge in [-0.15, -0.1) is 0 Å². The fraction of sp³-hybridized carbons (Fsp3) is 0.300. The zero-order valence-corrected chi connectivity index (χ0v) is 14.8. The number of nitrogens with one attached hydrogen (secondary N) is 1. The number of nitrogens with zero attached hydrogens (tertiary/aromatic N) is 1. The molecule has 5 heteroatoms. The topological polar surface area (TPSA) is 49.4 Å². The van der Waals surface area contributed by atoms with Crippen LogP contribution in [-0.4, -0.2) is 29.8 Å². The lowest BCUT2D eigenvalue weighted by Crippen LogP contribution is -2.28. The van der Waals surface area contributed by atoms with Gasteiger partial charge in [0.1, 0.15) is 0 Å². The lowest BCUT2D eigenvalue weighted by molar-refractivity contribution is -0.116. The van der Waals surface area contributed by atoms with E-state index in [2.05, 4.69) is 5.32 Å². The van der Waals surface area contributed by atoms with Crippen LogP contribution in [0.4, 0.5) is 5.69 Å². The van der Waals surface area contributed by atoms with Crippen LogP contribution in [0.1, 0.15) is 35.2 Å². The SMILES string of the molecule is O=C(CCc1ccc(Cl)cc1)Nc1ccccc1C(=O)N1CCCC1. The Labute approximate surface area is 152 Å². The molecule has 1 heterocycles. The smallest absolute Gasteiger partial charge is 0.255 e. The third-order valence-corrected chi connectivity index (χ3v) is 4.63. The van der Waals surface area contributed by atoms with Gasteiger partial charge in [0.25, 0.3) is 5.91 Å². The van der Waals surface area contributed by atoms with Crippen LogP contribution in [0.3, 0.4) is 0 Å². The van der Waals surface area contributed by atoms with E-state index in [9.17, 15) is 9.59 Å². The van der Waals surface area contributed by atoms with Crippen LogP contribution in [0.25, 0.3) is 0 Å². The van der Waals surface area contributed by atoms with E-state index in [4.69, 9.17) is 11.6 Å². The molecule has 0 saturated carbocycles. The monoisotopic (exact) mass is 356 g/mol. The van der Waals surface area contributed by atoms with Crippen molar-refractivity contribution in [2.24, 2.45) is 0 Å². The van der Waals surface area contributed by atoms with Crippen LogP contribution in [-0.2, 0) is 11.2 Å². The fourth-order valence-electron chi connectivity index (χ4n) is 2.99. The standard InChI is InChI=1S/C20H21ClN2O2/c21-16-10-7-15(8-11-16)9-12-19(24)22-18-6-2-1-5-17(18)20(25)23-13-3-4-14-23/h1-2,5-8,10-11H,3-4,9,12-14H2,(H,22,24). The molecule has 0 radical (unpaired) electrons. The summed E-state index contributed by atoms with van der Waals surface area (Å²) in [5, 5.41) is 3.57. The lowest BCUT2D eigenvalue weighted by Gasteiger charge is -2.18. The minimum absolute atomic E-state index is 0.00824. The highest BCUT2D eigenvalue weighted by molar-refractivity contribution is 6.30. The Bertz CT molecular complexity index is 753. The van der Waals surface area contributed by atoms with Crippen molar-refractivity contribution in [3.63, 3.8) is 0 Å². The van der Waals surface area contributed by atoms with E-state index in [0.717, 1.165) is 31.5 Å². The average molecular weight is 357 g/mol. The maximum atomic E-state index is 12.6. The number of carbonyl (C=O) groups is 2. The third-order valence-electron chi connectivity index (χ3n) is 4.38. The molecule has 0 unspecified atom stereocenters. The molecule has 1 aliphatic rings. The number of hydrogen-bond donors (Lipinski definition) is 1. The number of amides is 2. The summed E-state index contributed by atoms with van der Waals surface area (Å²) in [6.07, 6.45) is 3.07. The van der Waals surface area contributed by atoms with Crippen molar-refractivity contribution in [3.05, 3.63) is 64.7 Å². The molecule has 1 fully saturated rings. The van der Waals surface area contributed by atoms with Gasteiger partial charge in [-0.1, -0.05) is 35.9 Å². The van der Waals surface area contributed by atoms with E-state index in [1.54, 1.807) is 12.1 Å². The minimum Gasteiger partial charge on any atom is -0.339 e. The van der Waals surface area contributed by atoms with Crippen LogP contribution in [0.5, 0.6) is 0 Å². The maximum absolute atomic E-state index is 12.6. The number of halogens is 1. The predicted molar refractivity (Wildman–Crippen MR) is 100.0 cm³/mol. The first-order valence-electron chi connectivity index (χ1n) is 8.56. The molecular weight excluding hydrogens is 336 g/mol. The second-order valence-corrected chi connectivity index (χ2v) is 6.66. The molecule has 2 aromatic carbocycles. The normalized spacial score (nSPS) is 13.7. The minimum atomic E-state index is -0.100. The van der Waals surface area contributed by atoms with E-state index in [1.165, 1.54) is 0 Å². The molecular formula is C20H21ClN2O2. The van der Waals surface area contributed by atoms with E-state index < -0.39 is 0 Å². The summed E-state index contributed by atoms with van der Waals surface area (Å²) >= 11 is 5.87. The molecule has 0 atom stereocenters. The van der Waals surface area contributed by atoms with E-state index in [0.29, 0.717) is 29.1 Å². The van der Waals surface area contributed by atoms with Gasteiger partial charge in [-0.2, -0.15) is 0 Å². The van der Waals surface area contributed by atoms with Gasteiger partial charge in [0.2, 0.25) is 5.91 Å². The number of benzene rings is 2. The van der Waals surface area contributed by atoms with E-state index >= 15 is 0 Å². The van der Waals surface area contributed by atoms with Gasteiger partial charge in [-0.3, -0.25) is 9.59 Å². The second kappa shape index (κ2) is 8.17. The van der Waals surface area contributed by atoms with E-state index in [-0.39, 0.29) is 11.8 Å². The van der Waals surface area contributed by atoms with Crippen LogP contribution in [0.2, 0.25) is 5.02 Å². The fourth-order valence-corrected chi connectivity index (χ4v) is 3.12. The number of aryl methyl sites for hydroxylation is 1. The Morgan fingerprint density at radius 1 is 1.00 bits per heavy atom. The van der Waals surface area contributed by atoms with Gasteiger partial charge in [0.15, 0.2) is 0 Å². The number of hydrogen-bond acceptors (Lipinski definition) is 2. The van der Waals surface area contributed by atoms with E-state index in [1.807, 2.05) is 41.3 Å². The summed E-state index contributed by atoms with van der Waals surface area (Å²) in [5.74, 6) is -0.109. The number of para-hydroxylation sites is 1. The van der Waals surface area contributed by atoms with Crippen molar-refractivity contribution in [2.45, 2.75) is 25.7 Å². The quantitative estimate of drug-likeness (QED) is 0.875. The van der Waals surface area contributed by atoms with Gasteiger partial charge >= 0.3 is 0 Å². The summed E-state index contributed by atoms with van der Waals surface area (Å²) in [5.41, 5.74) is 2.20. The molecule has 0 aromatic heterocycles. The van der Waals surface area contributed by atoms with Crippen molar-refractivity contribution in [2.75, 3.05) is 18.4 Å². The Balaban J connectivity index is 1.62. The first-order chi connectivity index (χ1) is 12.1. The molecule has 4 nitrogen and oxygen atoms in total. The van der Waals surface area contributed by atoms with Crippen LogP contribution in [0, 0.1) is 0 Å². The molecule has 1 N–H and O–H groups in total. The lowest BCUT2D eigenvalue weighted by atomic mass is 10.1. The van der Waals surface area contributed by atoms with Gasteiger partial charge in [-0.05, 0) is 49.1 Å². The molecule has 0 spiro atoms. The van der Waals surface area contributed by atoms with Gasteiger partial charge < -0.3 is 10.2 Å².